The van der Waals surface area contributed by atoms with E-state index in [9.17, 15) is 9.59 Å². The summed E-state index contributed by atoms with van der Waals surface area (Å²) >= 11 is 0. The van der Waals surface area contributed by atoms with Gasteiger partial charge in [-0.2, -0.15) is 0 Å². The van der Waals surface area contributed by atoms with Gasteiger partial charge < -0.3 is 32.8 Å². The topological polar surface area (TPSA) is 89.9 Å². The van der Waals surface area contributed by atoms with Crippen LogP contribution in [0.5, 0.6) is 0 Å². The Morgan fingerprint density at radius 3 is 2.24 bits per heavy atom. The number of unbranched alkanes of at least 4 members (excludes halogenated alkanes) is 4. The molecule has 25 heavy (non-hydrogen) atoms. The monoisotopic (exact) mass is 372 g/mol. The van der Waals surface area contributed by atoms with E-state index in [0.29, 0.717) is 18.7 Å². The first-order valence-electron chi connectivity index (χ1n) is 8.45. The molecule has 0 spiro atoms. The van der Waals surface area contributed by atoms with Crippen molar-refractivity contribution in [2.24, 2.45) is 0 Å². The number of halogens is 1. The zero-order valence-corrected chi connectivity index (χ0v) is 15.5. The van der Waals surface area contributed by atoms with E-state index in [4.69, 9.17) is 10.2 Å². The molecule has 0 aliphatic heterocycles. The maximum absolute atomic E-state index is 11.8. The van der Waals surface area contributed by atoms with E-state index in [0.717, 1.165) is 38.6 Å². The third kappa shape index (κ3) is 10.8. The smallest absolute Gasteiger partial charge is 1.00 e. The second-order valence-corrected chi connectivity index (χ2v) is 5.98. The lowest BCUT2D eigenvalue weighted by Crippen LogP contribution is -3.00. The van der Waals surface area contributed by atoms with Gasteiger partial charge in [0.15, 0.2) is 0 Å². The van der Waals surface area contributed by atoms with Crippen molar-refractivity contribution in [3.05, 3.63) is 29.8 Å². The molecule has 0 unspecified atom stereocenters. The van der Waals surface area contributed by atoms with Crippen LogP contribution in [-0.4, -0.2) is 53.7 Å². The number of rotatable bonds is 12. The molecule has 6 nitrogen and oxygen atoms in total. The van der Waals surface area contributed by atoms with E-state index in [-0.39, 0.29) is 31.9 Å². The average molecular weight is 373 g/mol. The van der Waals surface area contributed by atoms with Gasteiger partial charge >= 0.3 is 7.40 Å². The van der Waals surface area contributed by atoms with E-state index in [1.807, 2.05) is 7.05 Å². The normalized spacial score (nSPS) is 10.4. The highest BCUT2D eigenvalue weighted by Crippen LogP contribution is 2.11. The number of aliphatic hydroxyl groups is 1. The number of likely N-dealkylation sites (N-methyl/N-ethyl adjacent to an activating group) is 1. The Labute approximate surface area is 157 Å². The minimum absolute atomic E-state index is 0. The van der Waals surface area contributed by atoms with Crippen molar-refractivity contribution in [2.75, 3.05) is 32.1 Å². The van der Waals surface area contributed by atoms with Crippen LogP contribution in [0.3, 0.4) is 0 Å². The Morgan fingerprint density at radius 2 is 1.64 bits per heavy atom. The molecule has 0 radical (unpaired) electrons. The number of carboxylic acids is 1. The third-order valence-electron chi connectivity index (χ3n) is 3.84. The number of hydrogen-bond donors (Lipinski definition) is 3. The van der Waals surface area contributed by atoms with Crippen molar-refractivity contribution in [2.45, 2.75) is 38.5 Å². The summed E-state index contributed by atoms with van der Waals surface area (Å²) < 4.78 is 0. The minimum Gasteiger partial charge on any atom is -1.00 e. The zero-order chi connectivity index (χ0) is 17.8. The van der Waals surface area contributed by atoms with Gasteiger partial charge in [-0.3, -0.25) is 4.79 Å². The molecular formula is C18H29ClN2O4. The Morgan fingerprint density at radius 1 is 1.04 bits per heavy atom. The maximum atomic E-state index is 11.8. The van der Waals surface area contributed by atoms with E-state index in [1.54, 1.807) is 12.1 Å². The molecule has 0 aliphatic carbocycles. The Hall–Kier alpha value is -1.63. The molecule has 0 saturated carbocycles. The molecule has 7 heteroatoms. The van der Waals surface area contributed by atoms with Gasteiger partial charge in [-0.05, 0) is 50.7 Å². The van der Waals surface area contributed by atoms with Gasteiger partial charge in [-0.25, -0.2) is 4.79 Å². The number of carbonyl (C=O) groups is 2. The molecule has 1 rings (SSSR count). The van der Waals surface area contributed by atoms with E-state index in [2.05, 4.69) is 10.2 Å². The van der Waals surface area contributed by atoms with Gasteiger partial charge in [-0.1, -0.05) is 19.3 Å². The summed E-state index contributed by atoms with van der Waals surface area (Å²) in [7, 11) is 2.00. The highest BCUT2D eigenvalue weighted by molar-refractivity contribution is 5.92. The fraction of sp³-hybridized carbons (Fsp3) is 0.556. The summed E-state index contributed by atoms with van der Waals surface area (Å²) in [5.41, 5.74) is 0.828. The largest absolute Gasteiger partial charge is 1.00 e. The fourth-order valence-electron chi connectivity index (χ4n) is 2.40. The first kappa shape index (κ1) is 23.4. The number of nitrogens with zero attached hydrogens (tertiary/aromatic N) is 1. The van der Waals surface area contributed by atoms with Crippen LogP contribution in [0.2, 0.25) is 0 Å². The summed E-state index contributed by atoms with van der Waals surface area (Å²) in [6, 6.07) is 6.16. The van der Waals surface area contributed by atoms with Crippen LogP contribution in [-0.2, 0) is 4.79 Å². The van der Waals surface area contributed by atoms with Crippen LogP contribution < -0.4 is 17.7 Å². The molecule has 1 aromatic carbocycles. The molecule has 1 aromatic rings. The van der Waals surface area contributed by atoms with E-state index in [1.165, 1.54) is 12.1 Å². The first-order chi connectivity index (χ1) is 11.5. The predicted octanol–water partition coefficient (Wildman–Crippen LogP) is -0.295. The Bertz CT molecular complexity index is 514. The summed E-state index contributed by atoms with van der Waals surface area (Å²) in [6.45, 7) is 1.91. The van der Waals surface area contributed by atoms with Crippen LogP contribution >= 0.6 is 0 Å². The standard InChI is InChI=1S/C18H28N2O4.ClH/c1-20(13-14-21)12-6-4-2-3-5-7-17(22)19-16-10-8-15(9-11-16)18(23)24;/h8-11,21H,2-7,12-14H2,1H3,(H,19,22)(H,23,24);1H. The van der Waals surface area contributed by atoms with Gasteiger partial charge in [-0.15, -0.1) is 0 Å². The van der Waals surface area contributed by atoms with Crippen molar-refractivity contribution in [3.63, 3.8) is 0 Å². The quantitative estimate of drug-likeness (QED) is 0.438. The predicted molar refractivity (Wildman–Crippen MR) is 95.4 cm³/mol. The zero-order valence-electron chi connectivity index (χ0n) is 15.7. The molecule has 3 N–H and O–H groups in total. The Balaban J connectivity index is 0. The molecule has 0 fully saturated rings. The highest BCUT2D eigenvalue weighted by atomic mass is 35.5. The van der Waals surface area contributed by atoms with Gasteiger partial charge in [0, 0.05) is 18.7 Å². The van der Waals surface area contributed by atoms with Crippen molar-refractivity contribution in [1.82, 2.24) is 4.90 Å². The van der Waals surface area contributed by atoms with Crippen LogP contribution in [0.15, 0.2) is 24.3 Å². The van der Waals surface area contributed by atoms with E-state index < -0.39 is 5.97 Å². The molecule has 0 aliphatic rings. The van der Waals surface area contributed by atoms with Gasteiger partial charge in [0.1, 0.15) is 0 Å². The van der Waals surface area contributed by atoms with Gasteiger partial charge in [0.25, 0.3) is 0 Å². The number of amides is 1. The lowest BCUT2D eigenvalue weighted by atomic mass is 10.1. The number of carbonyl (C=O) groups excluding carboxylic acids is 1. The van der Waals surface area contributed by atoms with Crippen molar-refractivity contribution in [3.8, 4) is 0 Å². The highest BCUT2D eigenvalue weighted by Gasteiger charge is 2.05. The van der Waals surface area contributed by atoms with Gasteiger partial charge in [0.05, 0.1) is 12.2 Å². The SMILES string of the molecule is CN(CCO)CCCCCCCC(=O)Nc1ccc(C(=O)O)cc1.[Cl-].[H+]. The Kier molecular flexibility index (Phi) is 12.7. The van der Waals surface area contributed by atoms with Crippen molar-refractivity contribution in [1.29, 1.82) is 0 Å². The number of benzene rings is 1. The number of anilines is 1. The minimum atomic E-state index is -0.976. The van der Waals surface area contributed by atoms with Crippen LogP contribution in [0, 0.1) is 0 Å². The van der Waals surface area contributed by atoms with Crippen molar-refractivity contribution >= 4 is 17.6 Å². The molecule has 1 amide bonds. The maximum Gasteiger partial charge on any atom is 1.00 e. The average Bonchev–Trinajstić information content (AvgIpc) is 2.54. The third-order valence-corrected chi connectivity index (χ3v) is 3.84. The lowest BCUT2D eigenvalue weighted by molar-refractivity contribution is -0.116. The fourth-order valence-corrected chi connectivity index (χ4v) is 2.40. The number of hydrogen-bond acceptors (Lipinski definition) is 4. The summed E-state index contributed by atoms with van der Waals surface area (Å²) in [6.07, 6.45) is 5.70. The second kappa shape index (κ2) is 13.6. The summed E-state index contributed by atoms with van der Waals surface area (Å²) in [5.74, 6) is -1.02. The lowest BCUT2D eigenvalue weighted by Gasteiger charge is -2.14. The molecule has 0 aromatic heterocycles. The van der Waals surface area contributed by atoms with Crippen molar-refractivity contribution < 1.29 is 33.6 Å². The first-order valence-corrected chi connectivity index (χ1v) is 8.45. The molecule has 0 atom stereocenters. The van der Waals surface area contributed by atoms with Crippen LogP contribution in [0.4, 0.5) is 5.69 Å². The van der Waals surface area contributed by atoms with Gasteiger partial charge in [0.2, 0.25) is 5.91 Å². The number of nitrogens with one attached hydrogen (secondary N) is 1. The molecular weight excluding hydrogens is 344 g/mol. The van der Waals surface area contributed by atoms with Crippen LogP contribution in [0.25, 0.3) is 0 Å². The number of aromatic carboxylic acids is 1. The number of aliphatic hydroxyl groups excluding tert-OH is 1. The summed E-state index contributed by atoms with van der Waals surface area (Å²) in [4.78, 5) is 24.7. The molecule has 0 bridgehead atoms. The molecule has 0 saturated heterocycles. The summed E-state index contributed by atoms with van der Waals surface area (Å²) in [5, 5.41) is 20.4. The number of carboxylic acid groups (broad SMARTS) is 1. The molecule has 142 valence electrons. The van der Waals surface area contributed by atoms with Crippen LogP contribution in [0.1, 0.15) is 50.3 Å². The van der Waals surface area contributed by atoms with E-state index >= 15 is 0 Å². The molecule has 0 heterocycles. The second-order valence-electron chi connectivity index (χ2n) is 5.98.